The van der Waals surface area contributed by atoms with E-state index in [1.807, 2.05) is 27.7 Å². The number of nitrogens with zero attached hydrogens (tertiary/aromatic N) is 3. The van der Waals surface area contributed by atoms with Crippen LogP contribution in [0.25, 0.3) is 0 Å². The molecule has 1 rings (SSSR count). The smallest absolute Gasteiger partial charge is 0.382 e. The van der Waals surface area contributed by atoms with E-state index < -0.39 is 17.7 Å². The van der Waals surface area contributed by atoms with Crippen molar-refractivity contribution < 1.29 is 22.8 Å². The molecule has 0 unspecified atom stereocenters. The predicted molar refractivity (Wildman–Crippen MR) is 99.0 cm³/mol. The van der Waals surface area contributed by atoms with Gasteiger partial charge in [-0.25, -0.2) is 11.0 Å². The average Bonchev–Trinajstić information content (AvgIpc) is 2.61. The van der Waals surface area contributed by atoms with Crippen LogP contribution in [0.1, 0.15) is 38.8 Å². The van der Waals surface area contributed by atoms with E-state index in [4.69, 9.17) is 11.6 Å². The third-order valence-corrected chi connectivity index (χ3v) is 2.67. The van der Waals surface area contributed by atoms with Crippen LogP contribution in [0.15, 0.2) is 23.3 Å². The van der Waals surface area contributed by atoms with Crippen LogP contribution in [0.3, 0.4) is 0 Å². The third kappa shape index (κ3) is 11.8. The molecule has 27 heavy (non-hydrogen) atoms. The van der Waals surface area contributed by atoms with Gasteiger partial charge in [-0.3, -0.25) is 10.1 Å². The highest BCUT2D eigenvalue weighted by molar-refractivity contribution is 5.97. The highest BCUT2D eigenvalue weighted by Gasteiger charge is 2.27. The molecule has 0 heterocycles. The van der Waals surface area contributed by atoms with Crippen LogP contribution >= 0.6 is 0 Å². The minimum absolute atomic E-state index is 0.105. The van der Waals surface area contributed by atoms with Crippen molar-refractivity contribution in [2.24, 2.45) is 16.7 Å². The number of hydrazone groups is 1. The molecule has 0 aliphatic heterocycles. The molecule has 0 aliphatic rings. The molecule has 0 amide bonds. The van der Waals surface area contributed by atoms with Crippen molar-refractivity contribution in [3.8, 4) is 0 Å². The second-order valence-electron chi connectivity index (χ2n) is 4.57. The van der Waals surface area contributed by atoms with Gasteiger partial charge in [0.2, 0.25) is 0 Å². The number of ether oxygens (including phenoxy) is 1. The van der Waals surface area contributed by atoms with E-state index in [2.05, 4.69) is 9.84 Å². The number of nitrogens with two attached hydrogens (primary N) is 2. The number of benzene rings is 1. The Labute approximate surface area is 157 Å². The number of hydrogen-bond donors (Lipinski definition) is 2. The fourth-order valence-corrected chi connectivity index (χ4v) is 1.56. The maximum absolute atomic E-state index is 11.9. The zero-order valence-electron chi connectivity index (χ0n) is 16.2. The van der Waals surface area contributed by atoms with Crippen molar-refractivity contribution in [2.45, 2.75) is 40.8 Å². The van der Waals surface area contributed by atoms with Crippen molar-refractivity contribution in [3.05, 3.63) is 39.4 Å². The Morgan fingerprint density at radius 3 is 2.33 bits per heavy atom. The topological polar surface area (TPSA) is 120 Å². The Bertz CT molecular complexity index is 595. The Morgan fingerprint density at radius 2 is 1.85 bits per heavy atom. The van der Waals surface area contributed by atoms with E-state index in [0.717, 1.165) is 5.12 Å². The fourth-order valence-electron chi connectivity index (χ4n) is 1.56. The monoisotopic (exact) mass is 395 g/mol. The van der Waals surface area contributed by atoms with Gasteiger partial charge in [-0.15, -0.1) is 5.10 Å². The van der Waals surface area contributed by atoms with Gasteiger partial charge in [0.25, 0.3) is 5.69 Å². The van der Waals surface area contributed by atoms with E-state index in [0.29, 0.717) is 5.56 Å². The van der Waals surface area contributed by atoms with Gasteiger partial charge in [-0.05, 0) is 6.92 Å². The summed E-state index contributed by atoms with van der Waals surface area (Å²) in [6.07, 6.45) is -4.41. The summed E-state index contributed by atoms with van der Waals surface area (Å²) < 4.78 is 40.0. The molecule has 0 bridgehead atoms. The average molecular weight is 395 g/mol. The Kier molecular flexibility index (Phi) is 13.7. The molecule has 0 saturated carbocycles. The number of hydrogen-bond acceptors (Lipinski definition) is 6. The van der Waals surface area contributed by atoms with Gasteiger partial charge in [0.05, 0.1) is 18.1 Å². The number of nitro groups is 1. The zero-order chi connectivity index (χ0) is 21.6. The molecule has 0 radical (unpaired) electrons. The molecule has 0 saturated heterocycles. The van der Waals surface area contributed by atoms with E-state index in [-0.39, 0.29) is 30.2 Å². The normalized spacial score (nSPS) is 10.9. The van der Waals surface area contributed by atoms with Crippen molar-refractivity contribution >= 4 is 11.5 Å². The summed E-state index contributed by atoms with van der Waals surface area (Å²) in [6.45, 7) is 7.75. The summed E-state index contributed by atoms with van der Waals surface area (Å²) >= 11 is 0. The minimum Gasteiger partial charge on any atom is -0.382 e. The molecule has 0 aromatic heterocycles. The summed E-state index contributed by atoms with van der Waals surface area (Å²) in [5.41, 5.74) is 6.27. The first-order chi connectivity index (χ1) is 12.6. The van der Waals surface area contributed by atoms with Crippen LogP contribution in [-0.2, 0) is 4.74 Å². The molecule has 0 fully saturated rings. The lowest BCUT2D eigenvalue weighted by molar-refractivity contribution is -0.385. The maximum Gasteiger partial charge on any atom is 0.411 e. The van der Waals surface area contributed by atoms with E-state index in [1.165, 1.54) is 18.2 Å². The Balaban J connectivity index is 0. The molecular formula is C16H28F3N5O3. The quantitative estimate of drug-likeness (QED) is 0.182. The molecule has 0 aliphatic carbocycles. The summed E-state index contributed by atoms with van der Waals surface area (Å²) in [4.78, 5) is 10.3. The highest BCUT2D eigenvalue weighted by atomic mass is 19.4. The summed E-state index contributed by atoms with van der Waals surface area (Å²) in [5, 5.41) is 15.4. The second-order valence-corrected chi connectivity index (χ2v) is 4.57. The van der Waals surface area contributed by atoms with Crippen molar-refractivity contribution in [3.63, 3.8) is 0 Å². The maximum atomic E-state index is 11.9. The van der Waals surface area contributed by atoms with Crippen molar-refractivity contribution in [1.29, 1.82) is 0 Å². The molecule has 1 aromatic rings. The lowest BCUT2D eigenvalue weighted by atomic mass is 10.1. The van der Waals surface area contributed by atoms with Crippen LogP contribution in [0.2, 0.25) is 0 Å². The van der Waals surface area contributed by atoms with Crippen LogP contribution in [0.4, 0.5) is 18.9 Å². The lowest BCUT2D eigenvalue weighted by Crippen LogP contribution is -2.33. The van der Waals surface area contributed by atoms with Gasteiger partial charge >= 0.3 is 6.18 Å². The van der Waals surface area contributed by atoms with E-state index in [1.54, 1.807) is 6.92 Å². The van der Waals surface area contributed by atoms with Crippen LogP contribution in [-0.4, -0.2) is 41.8 Å². The first-order valence-electron chi connectivity index (χ1n) is 8.36. The first kappa shape index (κ1) is 26.8. The highest BCUT2D eigenvalue weighted by Crippen LogP contribution is 2.19. The van der Waals surface area contributed by atoms with Gasteiger partial charge in [-0.2, -0.15) is 13.2 Å². The molecule has 1 aromatic carbocycles. The Hall–Kier alpha value is -2.40. The molecule has 11 heteroatoms. The Morgan fingerprint density at radius 1 is 1.30 bits per heavy atom. The summed E-state index contributed by atoms with van der Waals surface area (Å²) in [6, 6.07) is 4.26. The molecule has 0 spiro atoms. The number of hydrazine groups is 1. The van der Waals surface area contributed by atoms with Gasteiger partial charge in [0.1, 0.15) is 6.61 Å². The minimum atomic E-state index is -4.41. The van der Waals surface area contributed by atoms with Gasteiger partial charge < -0.3 is 10.5 Å². The standard InChI is InChI=1S/C12H16F3N5O3.2C2H6/c1-8-2-3-9(6-10(8)20(21)22)11(16)18-19(17)4-5-23-7-12(13,14)15;2*1-2/h2-3,6H,4-5,7,17H2,1H3,(H2,16,18);2*1-2H3. The third-order valence-electron chi connectivity index (χ3n) is 2.67. The molecular weight excluding hydrogens is 367 g/mol. The van der Waals surface area contributed by atoms with Gasteiger partial charge in [-0.1, -0.05) is 39.8 Å². The number of aryl methyl sites for hydroxylation is 1. The number of amidine groups is 1. The number of alkyl halides is 3. The van der Waals surface area contributed by atoms with Gasteiger partial charge in [0.15, 0.2) is 5.84 Å². The largest absolute Gasteiger partial charge is 0.411 e. The first-order valence-corrected chi connectivity index (χ1v) is 8.36. The summed E-state index contributed by atoms with van der Waals surface area (Å²) in [5.74, 6) is 5.36. The van der Waals surface area contributed by atoms with Gasteiger partial charge in [0, 0.05) is 17.2 Å². The van der Waals surface area contributed by atoms with Crippen molar-refractivity contribution in [1.82, 2.24) is 5.12 Å². The fraction of sp³-hybridized carbons (Fsp3) is 0.562. The SMILES string of the molecule is CC.CC.Cc1ccc(/C(N)=N/N(N)CCOCC(F)(F)F)cc1[N+](=O)[O-]. The van der Waals surface area contributed by atoms with E-state index >= 15 is 0 Å². The van der Waals surface area contributed by atoms with E-state index in [9.17, 15) is 23.3 Å². The predicted octanol–water partition coefficient (Wildman–Crippen LogP) is 3.33. The van der Waals surface area contributed by atoms with Crippen LogP contribution < -0.4 is 11.6 Å². The molecule has 8 nitrogen and oxygen atoms in total. The molecule has 156 valence electrons. The van der Waals surface area contributed by atoms with Crippen LogP contribution in [0.5, 0.6) is 0 Å². The van der Waals surface area contributed by atoms with Crippen LogP contribution in [0, 0.1) is 17.0 Å². The molecule has 0 atom stereocenters. The second kappa shape index (κ2) is 13.8. The molecule has 4 N–H and O–H groups in total. The zero-order valence-corrected chi connectivity index (χ0v) is 16.2. The van der Waals surface area contributed by atoms with Crippen molar-refractivity contribution in [2.75, 3.05) is 19.8 Å². The number of nitro benzene ring substituents is 1. The summed E-state index contributed by atoms with van der Waals surface area (Å²) in [7, 11) is 0. The number of halogens is 3. The lowest BCUT2D eigenvalue weighted by Gasteiger charge is -2.14. The number of rotatable bonds is 7.